The maximum absolute atomic E-state index is 12.9. The van der Waals surface area contributed by atoms with Crippen LogP contribution in [0.2, 0.25) is 0 Å². The first-order valence-electron chi connectivity index (χ1n) is 8.53. The third-order valence-electron chi connectivity index (χ3n) is 4.41. The van der Waals surface area contributed by atoms with Crippen LogP contribution in [0.1, 0.15) is 38.1 Å². The predicted molar refractivity (Wildman–Crippen MR) is 87.4 cm³/mol. The van der Waals surface area contributed by atoms with E-state index in [1.165, 1.54) is 0 Å². The topological polar surface area (TPSA) is 82.9 Å². The molecule has 2 unspecified atom stereocenters. The van der Waals surface area contributed by atoms with E-state index in [0.717, 1.165) is 11.4 Å². The first-order valence-corrected chi connectivity index (χ1v) is 8.53. The minimum Gasteiger partial charge on any atom is -0.452 e. The van der Waals surface area contributed by atoms with Gasteiger partial charge in [0.15, 0.2) is 11.9 Å². The van der Waals surface area contributed by atoms with E-state index < -0.39 is 11.9 Å². The van der Waals surface area contributed by atoms with E-state index in [-0.39, 0.29) is 24.4 Å². The molecule has 0 aliphatic carbocycles. The van der Waals surface area contributed by atoms with Crippen molar-refractivity contribution in [1.82, 2.24) is 14.7 Å². The number of rotatable bonds is 5. The molecule has 2 fully saturated rings. The van der Waals surface area contributed by atoms with Crippen molar-refractivity contribution >= 4 is 11.9 Å². The predicted octanol–water partition coefficient (Wildman–Crippen LogP) is 0.914. The Kier molecular flexibility index (Phi) is 4.83. The lowest BCUT2D eigenvalue weighted by molar-refractivity contribution is -0.157. The first-order chi connectivity index (χ1) is 11.7. The number of carbonyl (C=O) groups excluding carboxylic acids is 2. The molecule has 0 saturated carbocycles. The van der Waals surface area contributed by atoms with Crippen LogP contribution in [0.5, 0.6) is 0 Å². The Bertz CT molecular complexity index is 669. The number of ether oxygens (including phenoxy) is 3. The molecular weight excluding hydrogens is 326 g/mol. The van der Waals surface area contributed by atoms with Gasteiger partial charge in [0.05, 0.1) is 24.5 Å². The van der Waals surface area contributed by atoms with Crippen molar-refractivity contribution < 1.29 is 23.8 Å². The molecule has 1 amide bonds. The van der Waals surface area contributed by atoms with Crippen molar-refractivity contribution in [3.8, 4) is 0 Å². The van der Waals surface area contributed by atoms with Crippen LogP contribution < -0.4 is 0 Å². The average molecular weight is 351 g/mol. The summed E-state index contributed by atoms with van der Waals surface area (Å²) < 4.78 is 18.3. The molecule has 2 saturated heterocycles. The third kappa shape index (κ3) is 4.19. The number of aromatic nitrogens is 2. The molecule has 0 spiro atoms. The molecule has 0 bridgehead atoms. The molecule has 0 radical (unpaired) electrons. The minimum atomic E-state index is -0.711. The van der Waals surface area contributed by atoms with Gasteiger partial charge in [-0.2, -0.15) is 5.10 Å². The quantitative estimate of drug-likeness (QED) is 0.734. The lowest BCUT2D eigenvalue weighted by Crippen LogP contribution is -2.44. The van der Waals surface area contributed by atoms with E-state index in [1.807, 2.05) is 33.9 Å². The number of esters is 1. The molecule has 1 aromatic heterocycles. The Hall–Kier alpha value is -1.93. The van der Waals surface area contributed by atoms with Crippen LogP contribution in [0.15, 0.2) is 6.07 Å². The van der Waals surface area contributed by atoms with Crippen LogP contribution in [-0.4, -0.2) is 57.7 Å². The maximum atomic E-state index is 12.9. The van der Waals surface area contributed by atoms with E-state index >= 15 is 0 Å². The first kappa shape index (κ1) is 17.9. The van der Waals surface area contributed by atoms with Gasteiger partial charge in [-0.05, 0) is 26.8 Å². The molecule has 0 N–H and O–H groups in total. The Labute approximate surface area is 147 Å². The maximum Gasteiger partial charge on any atom is 0.306 e. The molecule has 8 heteroatoms. The number of carbonyl (C=O) groups is 2. The average Bonchev–Trinajstić information content (AvgIpc) is 3.18. The van der Waals surface area contributed by atoms with Crippen LogP contribution >= 0.6 is 0 Å². The van der Waals surface area contributed by atoms with Gasteiger partial charge in [-0.25, -0.2) is 0 Å². The molecule has 2 atom stereocenters. The zero-order chi connectivity index (χ0) is 18.2. The summed E-state index contributed by atoms with van der Waals surface area (Å²) in [5.41, 5.74) is 1.80. The van der Waals surface area contributed by atoms with Gasteiger partial charge in [0.2, 0.25) is 0 Å². The summed E-state index contributed by atoms with van der Waals surface area (Å²) in [6.07, 6.45) is -0.223. The summed E-state index contributed by atoms with van der Waals surface area (Å²) in [6, 6.07) is 1.94. The summed E-state index contributed by atoms with van der Waals surface area (Å²) in [4.78, 5) is 25.9. The van der Waals surface area contributed by atoms with Crippen molar-refractivity contribution in [3.05, 3.63) is 17.5 Å². The highest BCUT2D eigenvalue weighted by Crippen LogP contribution is 2.24. The smallest absolute Gasteiger partial charge is 0.306 e. The Morgan fingerprint density at radius 2 is 2.24 bits per heavy atom. The van der Waals surface area contributed by atoms with Crippen LogP contribution in [0, 0.1) is 6.92 Å². The van der Waals surface area contributed by atoms with E-state index in [0.29, 0.717) is 26.1 Å². The van der Waals surface area contributed by atoms with Gasteiger partial charge in [0.25, 0.3) is 5.91 Å². The number of cyclic esters (lactones) is 1. The van der Waals surface area contributed by atoms with Crippen molar-refractivity contribution in [1.29, 1.82) is 0 Å². The largest absolute Gasteiger partial charge is 0.452 e. The molecule has 8 nitrogen and oxygen atoms in total. The van der Waals surface area contributed by atoms with Crippen LogP contribution in [0.25, 0.3) is 0 Å². The van der Waals surface area contributed by atoms with Crippen molar-refractivity contribution in [3.63, 3.8) is 0 Å². The van der Waals surface area contributed by atoms with Gasteiger partial charge in [0, 0.05) is 26.4 Å². The fourth-order valence-corrected chi connectivity index (χ4v) is 3.24. The fraction of sp³-hybridized carbons (Fsp3) is 0.706. The number of aryl methyl sites for hydroxylation is 2. The highest BCUT2D eigenvalue weighted by Gasteiger charge is 2.38. The normalized spacial score (nSPS) is 25.2. The van der Waals surface area contributed by atoms with E-state index in [4.69, 9.17) is 14.2 Å². The lowest BCUT2D eigenvalue weighted by Gasteiger charge is -2.27. The SMILES string of the molecule is Cc1cc(CN(CC2COC(C)(C)O2)C(=O)C2CCC(=O)O2)n(C)n1. The second-order valence-electron chi connectivity index (χ2n) is 7.09. The molecule has 2 aliphatic heterocycles. The molecule has 138 valence electrons. The molecule has 1 aromatic rings. The van der Waals surface area contributed by atoms with Gasteiger partial charge < -0.3 is 19.1 Å². The van der Waals surface area contributed by atoms with Gasteiger partial charge in [0.1, 0.15) is 6.10 Å². The monoisotopic (exact) mass is 351 g/mol. The van der Waals surface area contributed by atoms with Crippen LogP contribution in [-0.2, 0) is 37.4 Å². The molecule has 0 aromatic carbocycles. The molecule has 25 heavy (non-hydrogen) atoms. The molecule has 3 heterocycles. The highest BCUT2D eigenvalue weighted by molar-refractivity contribution is 5.86. The molecule has 3 rings (SSSR count). The minimum absolute atomic E-state index is 0.196. The summed E-state index contributed by atoms with van der Waals surface area (Å²) >= 11 is 0. The molecule has 2 aliphatic rings. The fourth-order valence-electron chi connectivity index (χ4n) is 3.24. The van der Waals surface area contributed by atoms with Gasteiger partial charge >= 0.3 is 5.97 Å². The zero-order valence-electron chi connectivity index (χ0n) is 15.2. The Balaban J connectivity index is 1.74. The van der Waals surface area contributed by atoms with E-state index in [9.17, 15) is 9.59 Å². The summed E-state index contributed by atoms with van der Waals surface area (Å²) in [5, 5.41) is 4.33. The second kappa shape index (κ2) is 6.76. The van der Waals surface area contributed by atoms with Crippen molar-refractivity contribution in [2.45, 2.75) is 58.2 Å². The number of hydrogen-bond donors (Lipinski definition) is 0. The van der Waals surface area contributed by atoms with Crippen molar-refractivity contribution in [2.24, 2.45) is 7.05 Å². The number of nitrogens with zero attached hydrogens (tertiary/aromatic N) is 3. The van der Waals surface area contributed by atoms with E-state index in [2.05, 4.69) is 5.10 Å². The van der Waals surface area contributed by atoms with Gasteiger partial charge in [-0.1, -0.05) is 0 Å². The highest BCUT2D eigenvalue weighted by atomic mass is 16.7. The van der Waals surface area contributed by atoms with E-state index in [1.54, 1.807) is 9.58 Å². The second-order valence-corrected chi connectivity index (χ2v) is 7.09. The summed E-state index contributed by atoms with van der Waals surface area (Å²) in [7, 11) is 1.85. The third-order valence-corrected chi connectivity index (χ3v) is 4.41. The van der Waals surface area contributed by atoms with Crippen molar-refractivity contribution in [2.75, 3.05) is 13.2 Å². The summed E-state index contributed by atoms with van der Waals surface area (Å²) in [6.45, 7) is 6.78. The Morgan fingerprint density at radius 3 is 2.76 bits per heavy atom. The number of hydrogen-bond acceptors (Lipinski definition) is 6. The van der Waals surface area contributed by atoms with Crippen LogP contribution in [0.3, 0.4) is 0 Å². The van der Waals surface area contributed by atoms with Gasteiger partial charge in [-0.15, -0.1) is 0 Å². The lowest BCUT2D eigenvalue weighted by atomic mass is 10.2. The number of amides is 1. The Morgan fingerprint density at radius 1 is 1.48 bits per heavy atom. The van der Waals surface area contributed by atoms with Gasteiger partial charge in [-0.3, -0.25) is 14.3 Å². The standard InChI is InChI=1S/C17H25N3O5/c1-11-7-12(19(4)18-11)8-20(9-13-10-23-17(2,3)25-13)16(22)14-5-6-15(21)24-14/h7,13-14H,5-6,8-10H2,1-4H3. The van der Waals surface area contributed by atoms with Crippen LogP contribution in [0.4, 0.5) is 0 Å². The summed E-state index contributed by atoms with van der Waals surface area (Å²) in [5.74, 6) is -1.17. The molecular formula is C17H25N3O5. The zero-order valence-corrected chi connectivity index (χ0v) is 15.2.